The van der Waals surface area contributed by atoms with E-state index < -0.39 is 0 Å². The lowest BCUT2D eigenvalue weighted by Gasteiger charge is -2.23. The molecule has 1 fully saturated rings. The minimum Gasteiger partial charge on any atom is -0.337 e. The van der Waals surface area contributed by atoms with Crippen molar-refractivity contribution >= 4 is 23.4 Å². The number of hydrogen-bond donors (Lipinski definition) is 1. The first-order valence-electron chi connectivity index (χ1n) is 10.7. The van der Waals surface area contributed by atoms with E-state index in [2.05, 4.69) is 26.1 Å². The molecule has 2 aromatic rings. The van der Waals surface area contributed by atoms with Crippen LogP contribution in [0.2, 0.25) is 0 Å². The molecule has 0 spiro atoms. The number of carbonyl (C=O) groups is 3. The van der Waals surface area contributed by atoms with E-state index in [4.69, 9.17) is 0 Å². The van der Waals surface area contributed by atoms with Gasteiger partial charge in [-0.25, -0.2) is 0 Å². The van der Waals surface area contributed by atoms with Gasteiger partial charge in [-0.2, -0.15) is 0 Å². The predicted octanol–water partition coefficient (Wildman–Crippen LogP) is 3.93. The lowest BCUT2D eigenvalue weighted by atomic mass is 9.86. The third-order valence-electron chi connectivity index (χ3n) is 5.50. The van der Waals surface area contributed by atoms with E-state index in [1.807, 2.05) is 29.2 Å². The van der Waals surface area contributed by atoms with Crippen LogP contribution in [0.4, 0.5) is 5.69 Å². The Morgan fingerprint density at radius 2 is 1.39 bits per heavy atom. The summed E-state index contributed by atoms with van der Waals surface area (Å²) in [4.78, 5) is 40.9. The third kappa shape index (κ3) is 5.72. The minimum absolute atomic E-state index is 0.00223. The van der Waals surface area contributed by atoms with E-state index in [1.54, 1.807) is 29.2 Å². The molecular weight excluding hydrogens is 390 g/mol. The molecule has 1 aliphatic rings. The lowest BCUT2D eigenvalue weighted by Crippen LogP contribution is -2.37. The Hall–Kier alpha value is -3.15. The Bertz CT molecular complexity index is 961. The molecule has 0 aromatic heterocycles. The topological polar surface area (TPSA) is 69.7 Å². The zero-order chi connectivity index (χ0) is 22.6. The minimum atomic E-state index is -0.177. The van der Waals surface area contributed by atoms with Crippen molar-refractivity contribution in [1.82, 2.24) is 9.80 Å². The number of amides is 3. The van der Waals surface area contributed by atoms with Gasteiger partial charge in [0.15, 0.2) is 0 Å². The summed E-state index contributed by atoms with van der Waals surface area (Å²) in [5.41, 5.74) is 3.05. The van der Waals surface area contributed by atoms with Gasteiger partial charge in [-0.1, -0.05) is 39.0 Å². The first-order valence-corrected chi connectivity index (χ1v) is 10.7. The van der Waals surface area contributed by atoms with Crippen molar-refractivity contribution in [3.63, 3.8) is 0 Å². The van der Waals surface area contributed by atoms with Gasteiger partial charge in [-0.15, -0.1) is 0 Å². The Morgan fingerprint density at radius 1 is 0.806 bits per heavy atom. The first-order chi connectivity index (χ1) is 14.6. The highest BCUT2D eigenvalue weighted by Crippen LogP contribution is 2.23. The van der Waals surface area contributed by atoms with Gasteiger partial charge in [0.2, 0.25) is 5.91 Å². The zero-order valence-corrected chi connectivity index (χ0v) is 18.8. The van der Waals surface area contributed by atoms with Crippen molar-refractivity contribution in [3.8, 4) is 0 Å². The Morgan fingerprint density at radius 3 is 1.94 bits per heavy atom. The average Bonchev–Trinajstić information content (AvgIpc) is 2.98. The number of nitrogens with zero attached hydrogens (tertiary/aromatic N) is 2. The highest BCUT2D eigenvalue weighted by Gasteiger charge is 2.24. The van der Waals surface area contributed by atoms with Gasteiger partial charge in [-0.05, 0) is 47.7 Å². The maximum atomic E-state index is 13.0. The molecule has 3 rings (SSSR count). The standard InChI is InChI=1S/C25H31N3O3/c1-18(29)26-22-8-5-7-20(17-22)24(31)28-14-6-13-27(15-16-28)23(30)19-9-11-21(12-10-19)25(2,3)4/h5,7-12,17H,6,13-16H2,1-4H3,(H,26,29). The quantitative estimate of drug-likeness (QED) is 0.816. The third-order valence-corrected chi connectivity index (χ3v) is 5.50. The summed E-state index contributed by atoms with van der Waals surface area (Å²) in [6.45, 7) is 10.1. The van der Waals surface area contributed by atoms with Crippen LogP contribution in [-0.2, 0) is 10.2 Å². The number of anilines is 1. The highest BCUT2D eigenvalue weighted by atomic mass is 16.2. The fourth-order valence-electron chi connectivity index (χ4n) is 3.73. The molecule has 6 heteroatoms. The molecule has 3 amide bonds. The molecule has 164 valence electrons. The van der Waals surface area contributed by atoms with E-state index in [0.717, 1.165) is 6.42 Å². The summed E-state index contributed by atoms with van der Waals surface area (Å²) in [5.74, 6) is -0.262. The van der Waals surface area contributed by atoms with E-state index in [9.17, 15) is 14.4 Å². The maximum Gasteiger partial charge on any atom is 0.253 e. The number of hydrogen-bond acceptors (Lipinski definition) is 3. The molecular formula is C25H31N3O3. The van der Waals surface area contributed by atoms with Crippen LogP contribution in [-0.4, -0.2) is 53.7 Å². The van der Waals surface area contributed by atoms with Crippen molar-refractivity contribution < 1.29 is 14.4 Å². The van der Waals surface area contributed by atoms with Crippen LogP contribution in [0, 0.1) is 0 Å². The smallest absolute Gasteiger partial charge is 0.253 e. The van der Waals surface area contributed by atoms with Crippen molar-refractivity contribution in [3.05, 3.63) is 65.2 Å². The molecule has 1 heterocycles. The summed E-state index contributed by atoms with van der Waals surface area (Å²) < 4.78 is 0. The van der Waals surface area contributed by atoms with Gasteiger partial charge in [-0.3, -0.25) is 14.4 Å². The van der Waals surface area contributed by atoms with Gasteiger partial charge in [0.25, 0.3) is 11.8 Å². The van der Waals surface area contributed by atoms with E-state index in [-0.39, 0.29) is 23.1 Å². The van der Waals surface area contributed by atoms with Gasteiger partial charge in [0.1, 0.15) is 0 Å². The molecule has 0 atom stereocenters. The Kier molecular flexibility index (Phi) is 6.78. The van der Waals surface area contributed by atoms with Crippen LogP contribution in [0.5, 0.6) is 0 Å². The van der Waals surface area contributed by atoms with E-state index >= 15 is 0 Å². The van der Waals surface area contributed by atoms with Crippen molar-refractivity contribution in [2.24, 2.45) is 0 Å². The summed E-state index contributed by atoms with van der Waals surface area (Å²) in [5, 5.41) is 2.71. The van der Waals surface area contributed by atoms with Crippen LogP contribution >= 0.6 is 0 Å². The molecule has 0 bridgehead atoms. The number of nitrogens with one attached hydrogen (secondary N) is 1. The monoisotopic (exact) mass is 421 g/mol. The molecule has 1 saturated heterocycles. The van der Waals surface area contributed by atoms with Crippen molar-refractivity contribution in [1.29, 1.82) is 0 Å². The van der Waals surface area contributed by atoms with Crippen molar-refractivity contribution in [2.75, 3.05) is 31.5 Å². The Balaban J connectivity index is 1.65. The Labute approximate surface area is 184 Å². The summed E-state index contributed by atoms with van der Waals surface area (Å²) in [6.07, 6.45) is 0.725. The second-order valence-corrected chi connectivity index (χ2v) is 9.03. The second-order valence-electron chi connectivity index (χ2n) is 9.03. The van der Waals surface area contributed by atoms with Gasteiger partial charge in [0.05, 0.1) is 0 Å². The summed E-state index contributed by atoms with van der Waals surface area (Å²) in [6, 6.07) is 14.8. The summed E-state index contributed by atoms with van der Waals surface area (Å²) >= 11 is 0. The molecule has 0 radical (unpaired) electrons. The molecule has 0 unspecified atom stereocenters. The number of rotatable bonds is 3. The van der Waals surface area contributed by atoms with Crippen LogP contribution < -0.4 is 5.32 Å². The van der Waals surface area contributed by atoms with Gasteiger partial charge in [0, 0.05) is 49.9 Å². The number of carbonyl (C=O) groups excluding carboxylic acids is 3. The SMILES string of the molecule is CC(=O)Nc1cccc(C(=O)N2CCCN(C(=O)c3ccc(C(C)(C)C)cc3)CC2)c1. The van der Waals surface area contributed by atoms with Gasteiger partial charge >= 0.3 is 0 Å². The van der Waals surface area contributed by atoms with Crippen LogP contribution in [0.3, 0.4) is 0 Å². The molecule has 31 heavy (non-hydrogen) atoms. The largest absolute Gasteiger partial charge is 0.337 e. The highest BCUT2D eigenvalue weighted by molar-refractivity contribution is 5.97. The molecule has 1 aliphatic heterocycles. The predicted molar refractivity (Wildman–Crippen MR) is 122 cm³/mol. The fourth-order valence-corrected chi connectivity index (χ4v) is 3.73. The molecule has 0 saturated carbocycles. The van der Waals surface area contributed by atoms with Crippen LogP contribution in [0.1, 0.15) is 60.4 Å². The first kappa shape index (κ1) is 22.5. The van der Waals surface area contributed by atoms with Crippen LogP contribution in [0.25, 0.3) is 0 Å². The number of benzene rings is 2. The van der Waals surface area contributed by atoms with Crippen LogP contribution in [0.15, 0.2) is 48.5 Å². The second kappa shape index (κ2) is 9.33. The fraction of sp³-hybridized carbons (Fsp3) is 0.400. The zero-order valence-electron chi connectivity index (χ0n) is 18.8. The average molecular weight is 422 g/mol. The normalized spacial score (nSPS) is 14.7. The van der Waals surface area contributed by atoms with E-state index in [1.165, 1.54) is 12.5 Å². The van der Waals surface area contributed by atoms with Crippen molar-refractivity contribution in [2.45, 2.75) is 39.5 Å². The molecule has 6 nitrogen and oxygen atoms in total. The molecule has 2 aromatic carbocycles. The van der Waals surface area contributed by atoms with E-state index in [0.29, 0.717) is 43.0 Å². The summed E-state index contributed by atoms with van der Waals surface area (Å²) in [7, 11) is 0. The lowest BCUT2D eigenvalue weighted by molar-refractivity contribution is -0.114. The van der Waals surface area contributed by atoms with Gasteiger partial charge < -0.3 is 15.1 Å². The maximum absolute atomic E-state index is 13.0. The molecule has 0 aliphatic carbocycles. The molecule has 1 N–H and O–H groups in total.